The Hall–Kier alpha value is -1.55. The molecule has 1 aromatic rings. The van der Waals surface area contributed by atoms with E-state index in [2.05, 4.69) is 5.43 Å². The van der Waals surface area contributed by atoms with E-state index in [0.717, 1.165) is 17.7 Å². The maximum Gasteiger partial charge on any atom is 0.234 e. The van der Waals surface area contributed by atoms with Crippen molar-refractivity contribution in [3.05, 3.63) is 29.8 Å². The minimum absolute atomic E-state index is 0.0211. The van der Waals surface area contributed by atoms with Crippen LogP contribution in [0.1, 0.15) is 12.0 Å². The first kappa shape index (κ1) is 12.5. The van der Waals surface area contributed by atoms with Gasteiger partial charge in [0.1, 0.15) is 5.75 Å². The molecule has 0 aliphatic rings. The molecule has 0 aromatic heterocycles. The molecular weight excluding hydrogens is 204 g/mol. The van der Waals surface area contributed by atoms with Gasteiger partial charge in [-0.1, -0.05) is 12.1 Å². The number of hydrazine groups is 1. The number of nitrogens with zero attached hydrogens (tertiary/aromatic N) is 1. The molecule has 0 saturated heterocycles. The van der Waals surface area contributed by atoms with Crippen molar-refractivity contribution in [3.8, 4) is 5.75 Å². The van der Waals surface area contributed by atoms with Gasteiger partial charge in [0, 0.05) is 20.5 Å². The van der Waals surface area contributed by atoms with Crippen molar-refractivity contribution < 1.29 is 9.53 Å². The molecule has 0 spiro atoms. The van der Waals surface area contributed by atoms with Gasteiger partial charge in [-0.2, -0.15) is 0 Å². The van der Waals surface area contributed by atoms with Crippen molar-refractivity contribution in [1.29, 1.82) is 0 Å². The number of hydrogen-bond acceptors (Lipinski definition) is 3. The molecule has 16 heavy (non-hydrogen) atoms. The number of ether oxygens (including phenoxy) is 1. The van der Waals surface area contributed by atoms with E-state index in [1.165, 1.54) is 0 Å². The number of carbonyl (C=O) groups is 1. The summed E-state index contributed by atoms with van der Waals surface area (Å²) in [6.07, 6.45) is 1.20. The van der Waals surface area contributed by atoms with Crippen LogP contribution >= 0.6 is 0 Å². The summed E-state index contributed by atoms with van der Waals surface area (Å²) in [6.45, 7) is 0. The van der Waals surface area contributed by atoms with E-state index in [1.54, 1.807) is 26.2 Å². The van der Waals surface area contributed by atoms with Crippen LogP contribution in [0.4, 0.5) is 0 Å². The van der Waals surface area contributed by atoms with Gasteiger partial charge in [0.15, 0.2) is 0 Å². The molecule has 0 aliphatic carbocycles. The van der Waals surface area contributed by atoms with E-state index in [-0.39, 0.29) is 5.91 Å². The lowest BCUT2D eigenvalue weighted by molar-refractivity contribution is -0.124. The molecule has 0 radical (unpaired) electrons. The lowest BCUT2D eigenvalue weighted by atomic mass is 10.1. The highest BCUT2D eigenvalue weighted by atomic mass is 16.5. The van der Waals surface area contributed by atoms with E-state index in [1.807, 2.05) is 24.3 Å². The first-order chi connectivity index (χ1) is 7.61. The lowest BCUT2D eigenvalue weighted by Gasteiger charge is -2.11. The van der Waals surface area contributed by atoms with E-state index in [9.17, 15) is 4.79 Å². The number of amides is 1. The fourth-order valence-corrected chi connectivity index (χ4v) is 1.39. The monoisotopic (exact) mass is 222 g/mol. The third-order valence-electron chi connectivity index (χ3n) is 2.12. The highest BCUT2D eigenvalue weighted by Gasteiger charge is 2.03. The van der Waals surface area contributed by atoms with Gasteiger partial charge in [-0.25, -0.2) is 5.01 Å². The number of rotatable bonds is 5. The molecule has 88 valence electrons. The first-order valence-electron chi connectivity index (χ1n) is 5.21. The second kappa shape index (κ2) is 6.12. The second-order valence-corrected chi connectivity index (χ2v) is 3.78. The molecule has 1 rings (SSSR count). The molecule has 0 saturated carbocycles. The number of benzene rings is 1. The minimum Gasteiger partial charge on any atom is -0.497 e. The van der Waals surface area contributed by atoms with Gasteiger partial charge in [-0.05, 0) is 24.1 Å². The van der Waals surface area contributed by atoms with Gasteiger partial charge in [0.05, 0.1) is 7.11 Å². The van der Waals surface area contributed by atoms with Crippen LogP contribution in [-0.4, -0.2) is 32.1 Å². The maximum atomic E-state index is 11.4. The van der Waals surface area contributed by atoms with Crippen LogP contribution < -0.4 is 10.2 Å². The van der Waals surface area contributed by atoms with E-state index in [4.69, 9.17) is 4.74 Å². The van der Waals surface area contributed by atoms with E-state index < -0.39 is 0 Å². The van der Waals surface area contributed by atoms with Crippen molar-refractivity contribution in [2.24, 2.45) is 0 Å². The number of hydrogen-bond donors (Lipinski definition) is 1. The first-order valence-corrected chi connectivity index (χ1v) is 5.21. The third kappa shape index (κ3) is 4.31. The Balaban J connectivity index is 2.45. The minimum atomic E-state index is 0.0211. The van der Waals surface area contributed by atoms with Crippen LogP contribution in [0.25, 0.3) is 0 Å². The topological polar surface area (TPSA) is 41.6 Å². The van der Waals surface area contributed by atoms with Crippen LogP contribution in [0, 0.1) is 0 Å². The Morgan fingerprint density at radius 3 is 2.81 bits per heavy atom. The average molecular weight is 222 g/mol. The van der Waals surface area contributed by atoms with Crippen molar-refractivity contribution in [2.45, 2.75) is 12.8 Å². The molecule has 4 nitrogen and oxygen atoms in total. The maximum absolute atomic E-state index is 11.4. The standard InChI is InChI=1S/C12H18N2O2/c1-14(2)13-12(15)8-7-10-5-4-6-11(9-10)16-3/h4-6,9H,7-8H2,1-3H3,(H,13,15). The number of aryl methyl sites for hydroxylation is 1. The Bertz CT molecular complexity index is 351. The van der Waals surface area contributed by atoms with Crippen molar-refractivity contribution >= 4 is 5.91 Å². The largest absolute Gasteiger partial charge is 0.497 e. The van der Waals surface area contributed by atoms with Gasteiger partial charge in [-0.15, -0.1) is 0 Å². The Morgan fingerprint density at radius 2 is 2.19 bits per heavy atom. The summed E-state index contributed by atoms with van der Waals surface area (Å²) in [5.41, 5.74) is 3.81. The normalized spacial score (nSPS) is 10.2. The van der Waals surface area contributed by atoms with Gasteiger partial charge in [0.25, 0.3) is 0 Å². The second-order valence-electron chi connectivity index (χ2n) is 3.78. The smallest absolute Gasteiger partial charge is 0.234 e. The van der Waals surface area contributed by atoms with Crippen molar-refractivity contribution in [1.82, 2.24) is 10.4 Å². The zero-order chi connectivity index (χ0) is 12.0. The van der Waals surface area contributed by atoms with Crippen LogP contribution in [0.5, 0.6) is 5.75 Å². The predicted octanol–water partition coefficient (Wildman–Crippen LogP) is 1.22. The fourth-order valence-electron chi connectivity index (χ4n) is 1.39. The molecule has 4 heteroatoms. The van der Waals surface area contributed by atoms with Crippen LogP contribution in [0.15, 0.2) is 24.3 Å². The Morgan fingerprint density at radius 1 is 1.44 bits per heavy atom. The summed E-state index contributed by atoms with van der Waals surface area (Å²) in [7, 11) is 5.23. The van der Waals surface area contributed by atoms with Crippen molar-refractivity contribution in [3.63, 3.8) is 0 Å². The third-order valence-corrected chi connectivity index (χ3v) is 2.12. The summed E-state index contributed by atoms with van der Waals surface area (Å²) >= 11 is 0. The highest BCUT2D eigenvalue weighted by molar-refractivity contribution is 5.75. The van der Waals surface area contributed by atoms with Gasteiger partial charge >= 0.3 is 0 Å². The van der Waals surface area contributed by atoms with Crippen LogP contribution in [0.3, 0.4) is 0 Å². The predicted molar refractivity (Wildman–Crippen MR) is 63.1 cm³/mol. The summed E-state index contributed by atoms with van der Waals surface area (Å²) in [5, 5.41) is 1.65. The molecule has 0 bridgehead atoms. The molecule has 1 aromatic carbocycles. The molecule has 0 unspecified atom stereocenters. The van der Waals surface area contributed by atoms with E-state index >= 15 is 0 Å². The fraction of sp³-hybridized carbons (Fsp3) is 0.417. The number of carbonyl (C=O) groups excluding carboxylic acids is 1. The Labute approximate surface area is 96.2 Å². The number of methoxy groups -OCH3 is 1. The van der Waals surface area contributed by atoms with Crippen molar-refractivity contribution in [2.75, 3.05) is 21.2 Å². The molecule has 0 aliphatic heterocycles. The molecule has 0 atom stereocenters. The Kier molecular flexibility index (Phi) is 4.79. The molecule has 0 fully saturated rings. The lowest BCUT2D eigenvalue weighted by Crippen LogP contribution is -2.36. The molecule has 0 heterocycles. The van der Waals surface area contributed by atoms with Crippen LogP contribution in [0.2, 0.25) is 0 Å². The summed E-state index contributed by atoms with van der Waals surface area (Å²) in [4.78, 5) is 11.4. The van der Waals surface area contributed by atoms with E-state index in [0.29, 0.717) is 6.42 Å². The molecular formula is C12H18N2O2. The zero-order valence-electron chi connectivity index (χ0n) is 9.99. The van der Waals surface area contributed by atoms with Gasteiger partial charge in [0.2, 0.25) is 5.91 Å². The summed E-state index contributed by atoms with van der Waals surface area (Å²) in [5.74, 6) is 0.846. The van der Waals surface area contributed by atoms with Gasteiger partial charge in [-0.3, -0.25) is 10.2 Å². The summed E-state index contributed by atoms with van der Waals surface area (Å²) in [6, 6.07) is 7.76. The molecule has 1 N–H and O–H groups in total. The van der Waals surface area contributed by atoms with Gasteiger partial charge < -0.3 is 4.74 Å². The average Bonchev–Trinajstić information content (AvgIpc) is 2.26. The quantitative estimate of drug-likeness (QED) is 0.762. The van der Waals surface area contributed by atoms with Crippen LogP contribution in [-0.2, 0) is 11.2 Å². The number of nitrogens with one attached hydrogen (secondary N) is 1. The zero-order valence-corrected chi connectivity index (χ0v) is 9.99. The summed E-state index contributed by atoms with van der Waals surface area (Å²) < 4.78 is 5.12. The SMILES string of the molecule is COc1cccc(CCC(=O)NN(C)C)c1. The molecule has 1 amide bonds. The highest BCUT2D eigenvalue weighted by Crippen LogP contribution is 2.13.